The van der Waals surface area contributed by atoms with Gasteiger partial charge in [-0.25, -0.2) is 10.1 Å². The highest BCUT2D eigenvalue weighted by Gasteiger charge is 2.22. The molecule has 3 aromatic carbocycles. The van der Waals surface area contributed by atoms with Gasteiger partial charge in [0.05, 0.1) is 27.6 Å². The fourth-order valence-electron chi connectivity index (χ4n) is 3.24. The van der Waals surface area contributed by atoms with Crippen molar-refractivity contribution in [3.63, 3.8) is 0 Å². The summed E-state index contributed by atoms with van der Waals surface area (Å²) in [5.41, 5.74) is 6.24. The van der Waals surface area contributed by atoms with E-state index in [0.29, 0.717) is 37.6 Å². The van der Waals surface area contributed by atoms with Gasteiger partial charge in [0, 0.05) is 16.1 Å². The largest absolute Gasteiger partial charge is 0.508 e. The molecule has 33 heavy (non-hydrogen) atoms. The van der Waals surface area contributed by atoms with Crippen LogP contribution in [0.5, 0.6) is 5.75 Å². The van der Waals surface area contributed by atoms with E-state index < -0.39 is 5.91 Å². The van der Waals surface area contributed by atoms with Crippen molar-refractivity contribution in [3.8, 4) is 22.7 Å². The molecule has 4 aromatic rings. The maximum atomic E-state index is 12.9. The number of benzene rings is 3. The van der Waals surface area contributed by atoms with Gasteiger partial charge in [0.1, 0.15) is 5.75 Å². The molecule has 0 saturated carbocycles. The normalized spacial score (nSPS) is 11.2. The SMILES string of the molecule is Cc1c(C(=O)N/N=C/c2ccc(O)cc2)nn(-c2ccc(Cl)c(Cl)c2)c1-c1ccc(Cl)cc1. The van der Waals surface area contributed by atoms with Gasteiger partial charge in [-0.05, 0) is 67.1 Å². The van der Waals surface area contributed by atoms with Crippen LogP contribution < -0.4 is 5.43 Å². The van der Waals surface area contributed by atoms with Crippen LogP contribution in [0.3, 0.4) is 0 Å². The molecule has 166 valence electrons. The van der Waals surface area contributed by atoms with Gasteiger partial charge in [-0.2, -0.15) is 10.2 Å². The zero-order valence-corrected chi connectivity index (χ0v) is 19.5. The Morgan fingerprint density at radius 3 is 2.36 bits per heavy atom. The Morgan fingerprint density at radius 1 is 1.00 bits per heavy atom. The van der Waals surface area contributed by atoms with Crippen molar-refractivity contribution in [2.24, 2.45) is 5.10 Å². The van der Waals surface area contributed by atoms with E-state index in [9.17, 15) is 9.90 Å². The zero-order chi connectivity index (χ0) is 23.5. The van der Waals surface area contributed by atoms with Crippen molar-refractivity contribution in [1.82, 2.24) is 15.2 Å². The third-order valence-electron chi connectivity index (χ3n) is 4.88. The van der Waals surface area contributed by atoms with Crippen molar-refractivity contribution < 1.29 is 9.90 Å². The second-order valence-electron chi connectivity index (χ2n) is 7.13. The Bertz CT molecular complexity index is 1350. The van der Waals surface area contributed by atoms with Gasteiger partial charge in [0.25, 0.3) is 5.91 Å². The highest BCUT2D eigenvalue weighted by Crippen LogP contribution is 2.32. The first-order chi connectivity index (χ1) is 15.8. The lowest BCUT2D eigenvalue weighted by molar-refractivity contribution is 0.0949. The number of hydrazone groups is 1. The van der Waals surface area contributed by atoms with Crippen molar-refractivity contribution >= 4 is 46.9 Å². The maximum absolute atomic E-state index is 12.9. The Balaban J connectivity index is 1.72. The van der Waals surface area contributed by atoms with E-state index in [0.717, 1.165) is 5.56 Å². The number of aromatic hydroxyl groups is 1. The van der Waals surface area contributed by atoms with Crippen LogP contribution in [0.4, 0.5) is 0 Å². The standard InChI is InChI=1S/C24H17Cl3N4O2/c1-14-22(24(33)29-28-13-15-2-9-19(32)10-3-15)30-31(18-8-11-20(26)21(27)12-18)23(14)16-4-6-17(25)7-5-16/h2-13,32H,1H3,(H,29,33)/b28-13+. The van der Waals surface area contributed by atoms with Crippen molar-refractivity contribution in [2.75, 3.05) is 0 Å². The summed E-state index contributed by atoms with van der Waals surface area (Å²) in [4.78, 5) is 12.9. The number of aromatic nitrogens is 2. The van der Waals surface area contributed by atoms with E-state index in [1.54, 1.807) is 47.1 Å². The van der Waals surface area contributed by atoms with Crippen LogP contribution in [0.1, 0.15) is 21.6 Å². The third kappa shape index (κ3) is 5.03. The van der Waals surface area contributed by atoms with Gasteiger partial charge in [0.2, 0.25) is 0 Å². The molecule has 2 N–H and O–H groups in total. The topological polar surface area (TPSA) is 79.5 Å². The van der Waals surface area contributed by atoms with E-state index >= 15 is 0 Å². The van der Waals surface area contributed by atoms with Gasteiger partial charge in [0.15, 0.2) is 5.69 Å². The van der Waals surface area contributed by atoms with Gasteiger partial charge >= 0.3 is 0 Å². The van der Waals surface area contributed by atoms with Crippen LogP contribution >= 0.6 is 34.8 Å². The number of amides is 1. The predicted octanol–water partition coefficient (Wildman–Crippen LogP) is 6.28. The molecule has 0 atom stereocenters. The van der Waals surface area contributed by atoms with Gasteiger partial charge in [-0.1, -0.05) is 46.9 Å². The van der Waals surface area contributed by atoms with Crippen LogP contribution in [0.15, 0.2) is 71.8 Å². The molecular formula is C24H17Cl3N4O2. The number of nitrogens with one attached hydrogen (secondary N) is 1. The summed E-state index contributed by atoms with van der Waals surface area (Å²) in [6.07, 6.45) is 1.47. The molecule has 0 radical (unpaired) electrons. The van der Waals surface area contributed by atoms with Gasteiger partial charge in [-0.3, -0.25) is 4.79 Å². The van der Waals surface area contributed by atoms with E-state index in [1.807, 2.05) is 19.1 Å². The number of halogens is 3. The third-order valence-corrected chi connectivity index (χ3v) is 5.87. The van der Waals surface area contributed by atoms with E-state index in [1.165, 1.54) is 18.3 Å². The number of nitrogens with zero attached hydrogens (tertiary/aromatic N) is 3. The summed E-state index contributed by atoms with van der Waals surface area (Å²) >= 11 is 18.4. The second-order valence-corrected chi connectivity index (χ2v) is 8.38. The monoisotopic (exact) mass is 498 g/mol. The van der Waals surface area contributed by atoms with Crippen molar-refractivity contribution in [3.05, 3.63) is 98.6 Å². The molecule has 6 nitrogen and oxygen atoms in total. The highest BCUT2D eigenvalue weighted by molar-refractivity contribution is 6.42. The van der Waals surface area contributed by atoms with Gasteiger partial charge < -0.3 is 5.11 Å². The van der Waals surface area contributed by atoms with Crippen molar-refractivity contribution in [2.45, 2.75) is 6.92 Å². The fraction of sp³-hybridized carbons (Fsp3) is 0.0417. The molecule has 1 aromatic heterocycles. The quantitative estimate of drug-likeness (QED) is 0.251. The summed E-state index contributed by atoms with van der Waals surface area (Å²) in [7, 11) is 0. The molecule has 0 spiro atoms. The molecule has 9 heteroatoms. The Hall–Kier alpha value is -3.32. The molecule has 0 aliphatic rings. The van der Waals surface area contributed by atoms with E-state index in [4.69, 9.17) is 34.8 Å². The number of hydrogen-bond acceptors (Lipinski definition) is 4. The summed E-state index contributed by atoms with van der Waals surface area (Å²) in [5, 5.41) is 19.3. The fourth-order valence-corrected chi connectivity index (χ4v) is 3.66. The lowest BCUT2D eigenvalue weighted by Crippen LogP contribution is -2.19. The summed E-state index contributed by atoms with van der Waals surface area (Å²) in [6, 6.07) is 18.8. The molecule has 0 fully saturated rings. The Labute approximate surface area is 205 Å². The summed E-state index contributed by atoms with van der Waals surface area (Å²) in [5.74, 6) is -0.328. The molecule has 1 amide bonds. The first kappa shape index (κ1) is 22.9. The van der Waals surface area contributed by atoms with E-state index in [2.05, 4.69) is 15.6 Å². The van der Waals surface area contributed by atoms with Crippen LogP contribution in [-0.2, 0) is 0 Å². The Kier molecular flexibility index (Phi) is 6.70. The lowest BCUT2D eigenvalue weighted by atomic mass is 10.1. The number of rotatable bonds is 5. The van der Waals surface area contributed by atoms with Gasteiger partial charge in [-0.15, -0.1) is 0 Å². The summed E-state index contributed by atoms with van der Waals surface area (Å²) in [6.45, 7) is 1.81. The summed E-state index contributed by atoms with van der Waals surface area (Å²) < 4.78 is 1.64. The lowest BCUT2D eigenvalue weighted by Gasteiger charge is -2.10. The molecular weight excluding hydrogens is 483 g/mol. The molecule has 0 unspecified atom stereocenters. The first-order valence-electron chi connectivity index (χ1n) is 9.77. The van der Waals surface area contributed by atoms with Crippen LogP contribution in [0, 0.1) is 6.92 Å². The number of phenols is 1. The predicted molar refractivity (Wildman–Crippen MR) is 132 cm³/mol. The first-order valence-corrected chi connectivity index (χ1v) is 10.9. The average Bonchev–Trinajstić information content (AvgIpc) is 3.14. The minimum Gasteiger partial charge on any atom is -0.508 e. The number of phenolic OH excluding ortho intramolecular Hbond substituents is 1. The number of carbonyl (C=O) groups excluding carboxylic acids is 1. The zero-order valence-electron chi connectivity index (χ0n) is 17.3. The number of carbonyl (C=O) groups is 1. The molecule has 4 rings (SSSR count). The Morgan fingerprint density at radius 2 is 1.70 bits per heavy atom. The maximum Gasteiger partial charge on any atom is 0.292 e. The van der Waals surface area contributed by atoms with Crippen molar-refractivity contribution in [1.29, 1.82) is 0 Å². The van der Waals surface area contributed by atoms with Crippen LogP contribution in [-0.4, -0.2) is 27.0 Å². The van der Waals surface area contributed by atoms with Crippen LogP contribution in [0.2, 0.25) is 15.1 Å². The molecule has 1 heterocycles. The molecule has 0 aliphatic carbocycles. The average molecular weight is 500 g/mol. The minimum absolute atomic E-state index is 0.148. The molecule has 0 bridgehead atoms. The molecule has 0 aliphatic heterocycles. The van der Waals surface area contributed by atoms with Crippen LogP contribution in [0.25, 0.3) is 16.9 Å². The minimum atomic E-state index is -0.475. The highest BCUT2D eigenvalue weighted by atomic mass is 35.5. The second kappa shape index (κ2) is 9.67. The molecule has 0 saturated heterocycles. The number of hydrogen-bond donors (Lipinski definition) is 2. The van der Waals surface area contributed by atoms with E-state index in [-0.39, 0.29) is 11.4 Å². The smallest absolute Gasteiger partial charge is 0.292 e.